The first-order valence-corrected chi connectivity index (χ1v) is 6.42. The Hall–Kier alpha value is -2.42. The Morgan fingerprint density at radius 1 is 1.05 bits per heavy atom. The zero-order valence-electron chi connectivity index (χ0n) is 11.6. The smallest absolute Gasteiger partial charge is 0.343 e. The van der Waals surface area contributed by atoms with E-state index in [0.717, 1.165) is 11.1 Å². The molecule has 0 saturated carbocycles. The number of carbonyl (C=O) groups is 2. The highest BCUT2D eigenvalue weighted by Crippen LogP contribution is 2.15. The number of ether oxygens (including phenoxy) is 1. The van der Waals surface area contributed by atoms with E-state index in [2.05, 4.69) is 0 Å². The van der Waals surface area contributed by atoms with Crippen molar-refractivity contribution in [1.82, 2.24) is 0 Å². The molecule has 0 atom stereocenters. The molecule has 0 unspecified atom stereocenters. The molecule has 102 valence electrons. The molecule has 0 saturated heterocycles. The van der Waals surface area contributed by atoms with Gasteiger partial charge in [-0.05, 0) is 49.2 Å². The van der Waals surface area contributed by atoms with E-state index in [1.165, 1.54) is 0 Å². The normalized spacial score (nSPS) is 10.1. The summed E-state index contributed by atoms with van der Waals surface area (Å²) in [5.41, 5.74) is 2.40. The first-order valence-electron chi connectivity index (χ1n) is 6.42. The zero-order valence-corrected chi connectivity index (χ0v) is 11.6. The number of ketones is 1. The van der Waals surface area contributed by atoms with Gasteiger partial charge in [-0.1, -0.05) is 24.3 Å². The van der Waals surface area contributed by atoms with E-state index in [4.69, 9.17) is 4.74 Å². The number of benzene rings is 2. The largest absolute Gasteiger partial charge is 0.423 e. The van der Waals surface area contributed by atoms with Crippen LogP contribution in [0.25, 0.3) is 0 Å². The first-order chi connectivity index (χ1) is 9.54. The van der Waals surface area contributed by atoms with Gasteiger partial charge in [-0.3, -0.25) is 4.79 Å². The van der Waals surface area contributed by atoms with Crippen LogP contribution in [-0.2, 0) is 11.2 Å². The second-order valence-corrected chi connectivity index (χ2v) is 4.78. The number of aryl methyl sites for hydroxylation is 1. The molecule has 3 nitrogen and oxygen atoms in total. The van der Waals surface area contributed by atoms with Gasteiger partial charge >= 0.3 is 5.97 Å². The van der Waals surface area contributed by atoms with E-state index < -0.39 is 5.97 Å². The van der Waals surface area contributed by atoms with Gasteiger partial charge in [0.1, 0.15) is 11.5 Å². The molecule has 0 radical (unpaired) electrons. The third-order valence-electron chi connectivity index (χ3n) is 2.84. The highest BCUT2D eigenvalue weighted by atomic mass is 16.5. The van der Waals surface area contributed by atoms with Crippen LogP contribution in [0.1, 0.15) is 28.4 Å². The average Bonchev–Trinajstić information content (AvgIpc) is 2.38. The highest BCUT2D eigenvalue weighted by molar-refractivity contribution is 5.91. The minimum atomic E-state index is -0.398. The monoisotopic (exact) mass is 268 g/mol. The SMILES string of the molecule is CC(=O)Cc1ccc(C(=O)Oc2cccc(C)c2)cc1. The number of carbonyl (C=O) groups excluding carboxylic acids is 2. The van der Waals surface area contributed by atoms with E-state index >= 15 is 0 Å². The number of hydrogen-bond donors (Lipinski definition) is 0. The van der Waals surface area contributed by atoms with E-state index in [-0.39, 0.29) is 5.78 Å². The molecular weight excluding hydrogens is 252 g/mol. The van der Waals surface area contributed by atoms with Crippen molar-refractivity contribution >= 4 is 11.8 Å². The molecule has 0 aromatic heterocycles. The van der Waals surface area contributed by atoms with Crippen molar-refractivity contribution in [3.8, 4) is 5.75 Å². The van der Waals surface area contributed by atoms with Crippen LogP contribution in [0, 0.1) is 6.92 Å². The molecule has 2 aromatic carbocycles. The van der Waals surface area contributed by atoms with Crippen LogP contribution in [0.15, 0.2) is 48.5 Å². The number of hydrogen-bond acceptors (Lipinski definition) is 3. The van der Waals surface area contributed by atoms with E-state index in [1.54, 1.807) is 37.3 Å². The van der Waals surface area contributed by atoms with Crippen LogP contribution >= 0.6 is 0 Å². The van der Waals surface area contributed by atoms with Crippen LogP contribution in [0.5, 0.6) is 5.75 Å². The molecule has 3 heteroatoms. The maximum absolute atomic E-state index is 12.0. The van der Waals surface area contributed by atoms with Crippen molar-refractivity contribution in [2.24, 2.45) is 0 Å². The third-order valence-corrected chi connectivity index (χ3v) is 2.84. The van der Waals surface area contributed by atoms with Crippen LogP contribution < -0.4 is 4.74 Å². The summed E-state index contributed by atoms with van der Waals surface area (Å²) in [6, 6.07) is 14.2. The summed E-state index contributed by atoms with van der Waals surface area (Å²) in [5, 5.41) is 0. The summed E-state index contributed by atoms with van der Waals surface area (Å²) < 4.78 is 5.30. The molecule has 2 aromatic rings. The average molecular weight is 268 g/mol. The fourth-order valence-electron chi connectivity index (χ4n) is 1.89. The molecule has 0 bridgehead atoms. The lowest BCUT2D eigenvalue weighted by Crippen LogP contribution is -2.08. The van der Waals surface area contributed by atoms with Gasteiger partial charge in [-0.2, -0.15) is 0 Å². The summed E-state index contributed by atoms with van der Waals surface area (Å²) in [6.07, 6.45) is 0.382. The van der Waals surface area contributed by atoms with Crippen molar-refractivity contribution in [1.29, 1.82) is 0 Å². The molecule has 0 spiro atoms. The van der Waals surface area contributed by atoms with E-state index in [9.17, 15) is 9.59 Å². The Balaban J connectivity index is 2.07. The second-order valence-electron chi connectivity index (χ2n) is 4.78. The quantitative estimate of drug-likeness (QED) is 0.631. The van der Waals surface area contributed by atoms with Crippen LogP contribution in [-0.4, -0.2) is 11.8 Å². The lowest BCUT2D eigenvalue weighted by molar-refractivity contribution is -0.116. The Kier molecular flexibility index (Phi) is 4.31. The maximum atomic E-state index is 12.0. The summed E-state index contributed by atoms with van der Waals surface area (Å²) in [6.45, 7) is 3.48. The van der Waals surface area contributed by atoms with Gasteiger partial charge in [0.15, 0.2) is 0 Å². The Morgan fingerprint density at radius 2 is 1.75 bits per heavy atom. The second kappa shape index (κ2) is 6.15. The van der Waals surface area contributed by atoms with Gasteiger partial charge in [0.05, 0.1) is 5.56 Å². The summed E-state index contributed by atoms with van der Waals surface area (Å²) >= 11 is 0. The number of Topliss-reactive ketones (excluding diaryl/α,β-unsaturated/α-hetero) is 1. The molecule has 0 amide bonds. The van der Waals surface area contributed by atoms with Gasteiger partial charge in [0.2, 0.25) is 0 Å². The molecule has 0 fully saturated rings. The molecule has 2 rings (SSSR count). The molecule has 0 N–H and O–H groups in total. The summed E-state index contributed by atoms with van der Waals surface area (Å²) in [5.74, 6) is 0.230. The van der Waals surface area contributed by atoms with Crippen LogP contribution in [0.4, 0.5) is 0 Å². The molecule has 0 heterocycles. The Morgan fingerprint density at radius 3 is 2.35 bits per heavy atom. The minimum absolute atomic E-state index is 0.0973. The van der Waals surface area contributed by atoms with Gasteiger partial charge in [0.25, 0.3) is 0 Å². The lowest BCUT2D eigenvalue weighted by atomic mass is 10.1. The van der Waals surface area contributed by atoms with Gasteiger partial charge in [0, 0.05) is 6.42 Å². The Labute approximate surface area is 118 Å². The van der Waals surface area contributed by atoms with E-state index in [1.807, 2.05) is 25.1 Å². The minimum Gasteiger partial charge on any atom is -0.423 e. The first kappa shape index (κ1) is 14.0. The summed E-state index contributed by atoms with van der Waals surface area (Å²) in [7, 11) is 0. The van der Waals surface area contributed by atoms with E-state index in [0.29, 0.717) is 17.7 Å². The predicted octanol–water partition coefficient (Wildman–Crippen LogP) is 3.35. The number of rotatable bonds is 4. The topological polar surface area (TPSA) is 43.4 Å². The van der Waals surface area contributed by atoms with Gasteiger partial charge in [-0.15, -0.1) is 0 Å². The van der Waals surface area contributed by atoms with Crippen molar-refractivity contribution in [2.45, 2.75) is 20.3 Å². The summed E-state index contributed by atoms with van der Waals surface area (Å²) in [4.78, 5) is 23.0. The molecular formula is C17H16O3. The van der Waals surface area contributed by atoms with Crippen molar-refractivity contribution in [3.63, 3.8) is 0 Å². The predicted molar refractivity (Wildman–Crippen MR) is 77.0 cm³/mol. The molecule has 0 aliphatic heterocycles. The van der Waals surface area contributed by atoms with Crippen molar-refractivity contribution < 1.29 is 14.3 Å². The highest BCUT2D eigenvalue weighted by Gasteiger charge is 2.09. The van der Waals surface area contributed by atoms with Gasteiger partial charge in [-0.25, -0.2) is 4.79 Å². The molecule has 20 heavy (non-hydrogen) atoms. The number of esters is 1. The maximum Gasteiger partial charge on any atom is 0.343 e. The lowest BCUT2D eigenvalue weighted by Gasteiger charge is -2.05. The van der Waals surface area contributed by atoms with Crippen molar-refractivity contribution in [3.05, 3.63) is 65.2 Å². The molecule has 0 aliphatic rings. The third kappa shape index (κ3) is 3.79. The zero-order chi connectivity index (χ0) is 14.5. The fourth-order valence-corrected chi connectivity index (χ4v) is 1.89. The van der Waals surface area contributed by atoms with Crippen LogP contribution in [0.3, 0.4) is 0 Å². The fraction of sp³-hybridized carbons (Fsp3) is 0.176. The van der Waals surface area contributed by atoms with Crippen LogP contribution in [0.2, 0.25) is 0 Å². The van der Waals surface area contributed by atoms with Crippen molar-refractivity contribution in [2.75, 3.05) is 0 Å². The Bertz CT molecular complexity index is 627. The molecule has 0 aliphatic carbocycles. The van der Waals surface area contributed by atoms with Gasteiger partial charge < -0.3 is 4.74 Å². The standard InChI is InChI=1S/C17H16O3/c1-12-4-3-5-16(10-12)20-17(19)15-8-6-14(7-9-15)11-13(2)18/h3-10H,11H2,1-2H3.